The van der Waals surface area contributed by atoms with Gasteiger partial charge >= 0.3 is 5.97 Å². The molecule has 0 fully saturated rings. The third kappa shape index (κ3) is 7.00. The lowest BCUT2D eigenvalue weighted by atomic mass is 9.91. The minimum absolute atomic E-state index is 0.0746. The molecule has 0 aromatic heterocycles. The number of hydrogen-bond donors (Lipinski definition) is 2. The van der Waals surface area contributed by atoms with Gasteiger partial charge in [-0.05, 0) is 35.7 Å². The maximum atomic E-state index is 13.3. The number of rotatable bonds is 11. The van der Waals surface area contributed by atoms with Gasteiger partial charge < -0.3 is 15.2 Å². The first-order valence-electron chi connectivity index (χ1n) is 12.4. The Kier molecular flexibility index (Phi) is 8.98. The van der Waals surface area contributed by atoms with Crippen molar-refractivity contribution in [1.82, 2.24) is 5.32 Å². The highest BCUT2D eigenvalue weighted by Gasteiger charge is 2.25. The predicted octanol–water partition coefficient (Wildman–Crippen LogP) is 5.71. The van der Waals surface area contributed by atoms with E-state index in [1.807, 2.05) is 97.9 Å². The Hall–Kier alpha value is -4.06. The number of esters is 1. The van der Waals surface area contributed by atoms with E-state index in [-0.39, 0.29) is 18.2 Å². The number of carbonyl (C=O) groups is 2. The zero-order valence-electron chi connectivity index (χ0n) is 20.8. The first kappa shape index (κ1) is 26.0. The van der Waals surface area contributed by atoms with Crippen LogP contribution in [0.1, 0.15) is 52.4 Å². The number of nitrogens with one attached hydrogen (secondary N) is 1. The van der Waals surface area contributed by atoms with E-state index in [9.17, 15) is 14.7 Å². The number of aliphatic hydroxyl groups is 1. The van der Waals surface area contributed by atoms with Gasteiger partial charge in [-0.1, -0.05) is 103 Å². The van der Waals surface area contributed by atoms with Crippen LogP contribution in [-0.2, 0) is 4.79 Å². The number of aliphatic hydroxyl groups excluding tert-OH is 1. The molecule has 0 aliphatic carbocycles. The zero-order chi connectivity index (χ0) is 26.0. The van der Waals surface area contributed by atoms with Crippen LogP contribution < -0.4 is 10.1 Å². The molecular weight excluding hydrogens is 462 g/mol. The van der Waals surface area contributed by atoms with Crippen molar-refractivity contribution in [2.75, 3.05) is 6.54 Å². The van der Waals surface area contributed by atoms with E-state index in [2.05, 4.69) is 5.32 Å². The van der Waals surface area contributed by atoms with Crippen molar-refractivity contribution in [2.45, 2.75) is 31.4 Å². The van der Waals surface area contributed by atoms with E-state index in [1.165, 1.54) is 0 Å². The fourth-order valence-corrected chi connectivity index (χ4v) is 4.27. The maximum Gasteiger partial charge on any atom is 0.323 e. The van der Waals surface area contributed by atoms with Crippen LogP contribution in [-0.4, -0.2) is 29.4 Å². The van der Waals surface area contributed by atoms with Crippen LogP contribution in [0.2, 0.25) is 0 Å². The first-order valence-corrected chi connectivity index (χ1v) is 12.4. The summed E-state index contributed by atoms with van der Waals surface area (Å²) in [5.41, 5.74) is 2.97. The minimum atomic E-state index is -0.666. The number of Topliss-reactive ketones (excluding diaryl/α,β-unsaturated/α-hetero) is 1. The Morgan fingerprint density at radius 2 is 1.30 bits per heavy atom. The van der Waals surface area contributed by atoms with Crippen molar-refractivity contribution in [3.8, 4) is 5.75 Å². The van der Waals surface area contributed by atoms with Gasteiger partial charge in [0.1, 0.15) is 11.7 Å². The van der Waals surface area contributed by atoms with Crippen LogP contribution in [0.25, 0.3) is 0 Å². The van der Waals surface area contributed by atoms with Gasteiger partial charge in [-0.3, -0.25) is 9.59 Å². The molecule has 0 aliphatic heterocycles. The number of ether oxygens (including phenoxy) is 1. The molecule has 0 saturated heterocycles. The lowest BCUT2D eigenvalue weighted by Crippen LogP contribution is -2.33. The van der Waals surface area contributed by atoms with Crippen LogP contribution in [0.4, 0.5) is 0 Å². The first-order chi connectivity index (χ1) is 18.0. The lowest BCUT2D eigenvalue weighted by molar-refractivity contribution is -0.135. The Balaban J connectivity index is 1.38. The summed E-state index contributed by atoms with van der Waals surface area (Å²) in [5.74, 6) is -0.737. The molecule has 0 aliphatic rings. The standard InChI is InChI=1S/C32H31NO4/c1-23(31(35)26-16-9-4-10-17-26)33-21-20-29(34)27-18-11-19-28(22-27)37-32(36)30(24-12-5-2-6-13-24)25-14-7-3-8-15-25/h2-19,22-23,30-31,33,35H,20-21H2,1H3. The van der Waals surface area contributed by atoms with Crippen molar-refractivity contribution >= 4 is 11.8 Å². The average Bonchev–Trinajstić information content (AvgIpc) is 2.94. The van der Waals surface area contributed by atoms with Crippen LogP contribution in [0.15, 0.2) is 115 Å². The van der Waals surface area contributed by atoms with Crippen LogP contribution >= 0.6 is 0 Å². The summed E-state index contributed by atoms with van der Waals surface area (Å²) in [6.07, 6.45) is -0.416. The second-order valence-electron chi connectivity index (χ2n) is 8.97. The highest BCUT2D eigenvalue weighted by molar-refractivity contribution is 5.96. The molecule has 0 amide bonds. The molecule has 0 heterocycles. The second-order valence-corrected chi connectivity index (χ2v) is 8.97. The van der Waals surface area contributed by atoms with E-state index >= 15 is 0 Å². The molecule has 0 bridgehead atoms. The molecule has 0 radical (unpaired) electrons. The molecule has 0 spiro atoms. The van der Waals surface area contributed by atoms with Crippen molar-refractivity contribution in [3.63, 3.8) is 0 Å². The third-order valence-electron chi connectivity index (χ3n) is 6.31. The fourth-order valence-electron chi connectivity index (χ4n) is 4.27. The third-order valence-corrected chi connectivity index (χ3v) is 6.31. The van der Waals surface area contributed by atoms with E-state index in [1.54, 1.807) is 24.3 Å². The van der Waals surface area contributed by atoms with Crippen molar-refractivity contribution in [3.05, 3.63) is 138 Å². The highest BCUT2D eigenvalue weighted by atomic mass is 16.5. The number of benzene rings is 4. The summed E-state index contributed by atoms with van der Waals surface area (Å²) in [6.45, 7) is 2.30. The summed E-state index contributed by atoms with van der Waals surface area (Å²) >= 11 is 0. The molecule has 37 heavy (non-hydrogen) atoms. The molecule has 2 atom stereocenters. The molecule has 2 unspecified atom stereocenters. The summed E-state index contributed by atoms with van der Waals surface area (Å²) < 4.78 is 5.76. The summed E-state index contributed by atoms with van der Waals surface area (Å²) in [6, 6.07) is 34.9. The molecular formula is C32H31NO4. The second kappa shape index (κ2) is 12.8. The topological polar surface area (TPSA) is 75.6 Å². The number of ketones is 1. The van der Waals surface area contributed by atoms with Crippen LogP contribution in [0, 0.1) is 0 Å². The molecule has 2 N–H and O–H groups in total. The number of carbonyl (C=O) groups excluding carboxylic acids is 2. The fraction of sp³-hybridized carbons (Fsp3) is 0.188. The van der Waals surface area contributed by atoms with Gasteiger partial charge in [-0.2, -0.15) is 0 Å². The van der Waals surface area contributed by atoms with E-state index in [0.29, 0.717) is 17.9 Å². The summed E-state index contributed by atoms with van der Waals surface area (Å²) in [4.78, 5) is 26.1. The quantitative estimate of drug-likeness (QED) is 0.159. The van der Waals surface area contributed by atoms with Gasteiger partial charge in [-0.15, -0.1) is 0 Å². The Morgan fingerprint density at radius 3 is 1.86 bits per heavy atom. The van der Waals surface area contributed by atoms with Gasteiger partial charge in [0.25, 0.3) is 0 Å². The molecule has 4 aromatic rings. The molecule has 4 rings (SSSR count). The summed E-state index contributed by atoms with van der Waals surface area (Å²) in [5, 5.41) is 13.7. The van der Waals surface area contributed by atoms with Gasteiger partial charge in [0.2, 0.25) is 0 Å². The van der Waals surface area contributed by atoms with Gasteiger partial charge in [-0.25, -0.2) is 0 Å². The van der Waals surface area contributed by atoms with Crippen molar-refractivity contribution in [2.24, 2.45) is 0 Å². The monoisotopic (exact) mass is 493 g/mol. The van der Waals surface area contributed by atoms with E-state index < -0.39 is 18.0 Å². The highest BCUT2D eigenvalue weighted by Crippen LogP contribution is 2.27. The van der Waals surface area contributed by atoms with Crippen LogP contribution in [0.3, 0.4) is 0 Å². The lowest BCUT2D eigenvalue weighted by Gasteiger charge is -2.20. The Morgan fingerprint density at radius 1 is 0.757 bits per heavy atom. The molecule has 0 saturated carbocycles. The number of hydrogen-bond acceptors (Lipinski definition) is 5. The van der Waals surface area contributed by atoms with Gasteiger partial charge in [0.05, 0.1) is 6.10 Å². The van der Waals surface area contributed by atoms with Crippen molar-refractivity contribution in [1.29, 1.82) is 0 Å². The zero-order valence-corrected chi connectivity index (χ0v) is 20.8. The molecule has 4 aromatic carbocycles. The minimum Gasteiger partial charge on any atom is -0.426 e. The summed E-state index contributed by atoms with van der Waals surface area (Å²) in [7, 11) is 0. The van der Waals surface area contributed by atoms with Crippen LogP contribution in [0.5, 0.6) is 5.75 Å². The van der Waals surface area contributed by atoms with Crippen molar-refractivity contribution < 1.29 is 19.4 Å². The SMILES string of the molecule is CC(NCCC(=O)c1cccc(OC(=O)C(c2ccccc2)c2ccccc2)c1)C(O)c1ccccc1. The Labute approximate surface area is 217 Å². The van der Waals surface area contributed by atoms with Gasteiger partial charge in [0.15, 0.2) is 5.78 Å². The largest absolute Gasteiger partial charge is 0.426 e. The normalized spacial score (nSPS) is 12.6. The predicted molar refractivity (Wildman–Crippen MR) is 145 cm³/mol. The molecule has 5 nitrogen and oxygen atoms in total. The van der Waals surface area contributed by atoms with Gasteiger partial charge in [0, 0.05) is 24.6 Å². The maximum absolute atomic E-state index is 13.3. The van der Waals surface area contributed by atoms with E-state index in [4.69, 9.17) is 4.74 Å². The average molecular weight is 494 g/mol. The molecule has 5 heteroatoms. The van der Waals surface area contributed by atoms with E-state index in [0.717, 1.165) is 16.7 Å². The smallest absolute Gasteiger partial charge is 0.323 e. The molecule has 188 valence electrons. The Bertz CT molecular complexity index is 1250.